The highest BCUT2D eigenvalue weighted by molar-refractivity contribution is 7.10. The van der Waals surface area contributed by atoms with Crippen molar-refractivity contribution in [3.63, 3.8) is 0 Å². The van der Waals surface area contributed by atoms with Crippen LogP contribution in [-0.4, -0.2) is 5.92 Å². The number of alkyl halides is 2. The van der Waals surface area contributed by atoms with E-state index in [1.54, 1.807) is 11.3 Å². The second-order valence-corrected chi connectivity index (χ2v) is 6.09. The van der Waals surface area contributed by atoms with E-state index >= 15 is 0 Å². The van der Waals surface area contributed by atoms with Gasteiger partial charge in [-0.25, -0.2) is 8.78 Å². The average Bonchev–Trinajstić information content (AvgIpc) is 2.58. The lowest BCUT2D eigenvalue weighted by Crippen LogP contribution is -2.55. The van der Waals surface area contributed by atoms with E-state index in [-0.39, 0.29) is 12.8 Å². The van der Waals surface area contributed by atoms with Gasteiger partial charge in [0, 0.05) is 17.7 Å². The minimum atomic E-state index is -2.54. The Morgan fingerprint density at radius 1 is 1.19 bits per heavy atom. The molecule has 1 aromatic rings. The standard InChI is InChI=1S/C12H15F2NS/c13-12(14)6-11(15,7-12)9-5-16-10-4-2-1-3-8(9)10/h5H,1-4,6-7,15H2. The Labute approximate surface area is 97.7 Å². The maximum atomic E-state index is 13.0. The van der Waals surface area contributed by atoms with Gasteiger partial charge in [-0.1, -0.05) is 0 Å². The van der Waals surface area contributed by atoms with Crippen LogP contribution in [0.3, 0.4) is 0 Å². The van der Waals surface area contributed by atoms with Gasteiger partial charge in [-0.2, -0.15) is 0 Å². The van der Waals surface area contributed by atoms with Gasteiger partial charge >= 0.3 is 0 Å². The van der Waals surface area contributed by atoms with E-state index in [0.29, 0.717) is 0 Å². The number of hydrogen-bond donors (Lipinski definition) is 1. The number of halogens is 2. The Balaban J connectivity index is 1.93. The summed E-state index contributed by atoms with van der Waals surface area (Å²) in [5.74, 6) is -2.54. The smallest absolute Gasteiger partial charge is 0.252 e. The molecule has 16 heavy (non-hydrogen) atoms. The molecule has 1 heterocycles. The number of nitrogens with two attached hydrogens (primary N) is 1. The topological polar surface area (TPSA) is 26.0 Å². The molecule has 88 valence electrons. The fourth-order valence-corrected chi connectivity index (χ4v) is 4.23. The lowest BCUT2D eigenvalue weighted by Gasteiger charge is -2.45. The van der Waals surface area contributed by atoms with Gasteiger partial charge in [0.1, 0.15) is 0 Å². The van der Waals surface area contributed by atoms with Crippen LogP contribution in [0, 0.1) is 0 Å². The van der Waals surface area contributed by atoms with Gasteiger partial charge in [0.15, 0.2) is 0 Å². The molecule has 0 aromatic carbocycles. The largest absolute Gasteiger partial charge is 0.321 e. The van der Waals surface area contributed by atoms with E-state index in [0.717, 1.165) is 18.4 Å². The SMILES string of the molecule is NC1(c2csc3c2CCCC3)CC(F)(F)C1. The van der Waals surface area contributed by atoms with E-state index in [1.807, 2.05) is 5.38 Å². The summed E-state index contributed by atoms with van der Waals surface area (Å²) in [7, 11) is 0. The Kier molecular flexibility index (Phi) is 2.17. The number of aryl methyl sites for hydroxylation is 1. The minimum absolute atomic E-state index is 0.177. The Bertz CT molecular complexity index is 417. The van der Waals surface area contributed by atoms with Crippen LogP contribution in [0.25, 0.3) is 0 Å². The third-order valence-corrected chi connectivity index (χ3v) is 4.83. The highest BCUT2D eigenvalue weighted by atomic mass is 32.1. The van der Waals surface area contributed by atoms with Crippen LogP contribution in [-0.2, 0) is 18.4 Å². The molecule has 0 atom stereocenters. The maximum Gasteiger partial charge on any atom is 0.252 e. The van der Waals surface area contributed by atoms with Crippen LogP contribution >= 0.6 is 11.3 Å². The summed E-state index contributed by atoms with van der Waals surface area (Å²) in [5, 5.41) is 2.02. The summed E-state index contributed by atoms with van der Waals surface area (Å²) < 4.78 is 26.0. The molecule has 1 aromatic heterocycles. The molecule has 2 aliphatic rings. The van der Waals surface area contributed by atoms with Crippen LogP contribution in [0.1, 0.15) is 41.7 Å². The Morgan fingerprint density at radius 2 is 1.88 bits per heavy atom. The van der Waals surface area contributed by atoms with Crippen molar-refractivity contribution < 1.29 is 8.78 Å². The van der Waals surface area contributed by atoms with Crippen molar-refractivity contribution in [1.82, 2.24) is 0 Å². The first kappa shape index (κ1) is 10.7. The third-order valence-electron chi connectivity index (χ3n) is 3.75. The van der Waals surface area contributed by atoms with Gasteiger partial charge in [-0.15, -0.1) is 11.3 Å². The van der Waals surface area contributed by atoms with E-state index in [4.69, 9.17) is 5.73 Å². The van der Waals surface area contributed by atoms with Crippen molar-refractivity contribution in [2.75, 3.05) is 0 Å². The van der Waals surface area contributed by atoms with Gasteiger partial charge in [0.25, 0.3) is 5.92 Å². The summed E-state index contributed by atoms with van der Waals surface area (Å²) in [6.45, 7) is 0. The first-order valence-electron chi connectivity index (χ1n) is 5.77. The average molecular weight is 243 g/mol. The van der Waals surface area contributed by atoms with Gasteiger partial charge < -0.3 is 5.73 Å². The number of fused-ring (bicyclic) bond motifs is 1. The second-order valence-electron chi connectivity index (χ2n) is 5.12. The van der Waals surface area contributed by atoms with Crippen molar-refractivity contribution in [1.29, 1.82) is 0 Å². The predicted molar refractivity (Wildman–Crippen MR) is 61.0 cm³/mol. The fraction of sp³-hybridized carbons (Fsp3) is 0.667. The number of thiophene rings is 1. The molecule has 2 aliphatic carbocycles. The lowest BCUT2D eigenvalue weighted by atomic mass is 9.68. The molecule has 1 saturated carbocycles. The zero-order chi connectivity index (χ0) is 11.4. The highest BCUT2D eigenvalue weighted by Crippen LogP contribution is 2.52. The zero-order valence-corrected chi connectivity index (χ0v) is 9.88. The van der Waals surface area contributed by atoms with Crippen molar-refractivity contribution in [2.24, 2.45) is 5.73 Å². The van der Waals surface area contributed by atoms with E-state index in [2.05, 4.69) is 0 Å². The van der Waals surface area contributed by atoms with E-state index in [9.17, 15) is 8.78 Å². The van der Waals surface area contributed by atoms with Crippen molar-refractivity contribution in [3.05, 3.63) is 21.4 Å². The van der Waals surface area contributed by atoms with Crippen LogP contribution < -0.4 is 5.73 Å². The molecule has 0 unspecified atom stereocenters. The monoisotopic (exact) mass is 243 g/mol. The molecular formula is C12H15F2NS. The van der Waals surface area contributed by atoms with Gasteiger partial charge in [0.2, 0.25) is 0 Å². The number of hydrogen-bond acceptors (Lipinski definition) is 2. The molecule has 1 fully saturated rings. The molecule has 0 amide bonds. The summed E-state index contributed by atoms with van der Waals surface area (Å²) in [6.07, 6.45) is 4.17. The van der Waals surface area contributed by atoms with Crippen LogP contribution in [0.4, 0.5) is 8.78 Å². The van der Waals surface area contributed by atoms with Crippen LogP contribution in [0.15, 0.2) is 5.38 Å². The van der Waals surface area contributed by atoms with Gasteiger partial charge in [-0.05, 0) is 42.2 Å². The first-order valence-corrected chi connectivity index (χ1v) is 6.65. The Hall–Kier alpha value is -0.480. The molecule has 0 saturated heterocycles. The van der Waals surface area contributed by atoms with Crippen LogP contribution in [0.2, 0.25) is 0 Å². The van der Waals surface area contributed by atoms with Gasteiger partial charge in [0.05, 0.1) is 5.54 Å². The molecule has 0 aliphatic heterocycles. The molecule has 0 radical (unpaired) electrons. The molecular weight excluding hydrogens is 228 g/mol. The predicted octanol–water partition coefficient (Wildman–Crippen LogP) is 3.21. The molecule has 0 spiro atoms. The van der Waals surface area contributed by atoms with Gasteiger partial charge in [-0.3, -0.25) is 0 Å². The third kappa shape index (κ3) is 1.51. The highest BCUT2D eigenvalue weighted by Gasteiger charge is 2.56. The normalized spacial score (nSPS) is 25.9. The Morgan fingerprint density at radius 3 is 2.56 bits per heavy atom. The fourth-order valence-electron chi connectivity index (χ4n) is 2.97. The van der Waals surface area contributed by atoms with E-state index in [1.165, 1.54) is 23.3 Å². The quantitative estimate of drug-likeness (QED) is 0.805. The summed E-state index contributed by atoms with van der Waals surface area (Å²) in [5.41, 5.74) is 7.65. The molecule has 1 nitrogen and oxygen atoms in total. The van der Waals surface area contributed by atoms with Crippen molar-refractivity contribution in [3.8, 4) is 0 Å². The number of rotatable bonds is 1. The molecule has 2 N–H and O–H groups in total. The molecule has 0 bridgehead atoms. The first-order chi connectivity index (χ1) is 7.50. The maximum absolute atomic E-state index is 13.0. The summed E-state index contributed by atoms with van der Waals surface area (Å²) in [4.78, 5) is 1.38. The van der Waals surface area contributed by atoms with Crippen LogP contribution in [0.5, 0.6) is 0 Å². The zero-order valence-electron chi connectivity index (χ0n) is 9.06. The lowest BCUT2D eigenvalue weighted by molar-refractivity contribution is -0.125. The summed E-state index contributed by atoms with van der Waals surface area (Å²) >= 11 is 1.70. The molecule has 3 rings (SSSR count). The minimum Gasteiger partial charge on any atom is -0.321 e. The van der Waals surface area contributed by atoms with Crippen molar-refractivity contribution in [2.45, 2.75) is 50.0 Å². The second kappa shape index (κ2) is 3.26. The molecule has 4 heteroatoms. The van der Waals surface area contributed by atoms with E-state index < -0.39 is 11.5 Å². The summed E-state index contributed by atoms with van der Waals surface area (Å²) in [6, 6.07) is 0. The van der Waals surface area contributed by atoms with Crippen molar-refractivity contribution >= 4 is 11.3 Å².